The Morgan fingerprint density at radius 2 is 2.06 bits per heavy atom. The number of fused-ring (bicyclic) bond motifs is 3. The van der Waals surface area contributed by atoms with Gasteiger partial charge in [0.05, 0.1) is 4.47 Å². The molecule has 3 aromatic rings. The highest BCUT2D eigenvalue weighted by Gasteiger charge is 2.35. The molecule has 172 valence electrons. The number of carbonyl (C=O) groups excluding carboxylic acids is 1. The molecule has 3 heterocycles. The third kappa shape index (κ3) is 4.06. The van der Waals surface area contributed by atoms with Gasteiger partial charge in [-0.1, -0.05) is 5.21 Å². The molecule has 0 N–H and O–H groups in total. The van der Waals surface area contributed by atoms with Crippen LogP contribution in [-0.4, -0.2) is 53.9 Å². The smallest absolute Gasteiger partial charge is 0.412 e. The third-order valence-corrected chi connectivity index (χ3v) is 7.18. The zero-order chi connectivity index (χ0) is 23.4. The fourth-order valence-corrected chi connectivity index (χ4v) is 4.92. The SMILES string of the molecule is Cc1cc2c(nc([S+](C)[O-])c3nnn(C4CCCCN4C(=O)OC(C)(C)C)c32)c(F)c1Br. The fourth-order valence-electron chi connectivity index (χ4n) is 3.99. The largest absolute Gasteiger partial charge is 0.610 e. The molecule has 2 atom stereocenters. The second-order valence-electron chi connectivity index (χ2n) is 8.97. The molecule has 1 aliphatic rings. The zero-order valence-electron chi connectivity index (χ0n) is 18.6. The molecule has 1 aromatic carbocycles. The van der Waals surface area contributed by atoms with E-state index >= 15 is 4.39 Å². The number of nitrogens with zero attached hydrogens (tertiary/aromatic N) is 5. The van der Waals surface area contributed by atoms with E-state index in [0.717, 1.165) is 12.8 Å². The Bertz CT molecular complexity index is 1210. The highest BCUT2D eigenvalue weighted by molar-refractivity contribution is 9.10. The van der Waals surface area contributed by atoms with E-state index in [2.05, 4.69) is 31.2 Å². The number of rotatable bonds is 2. The van der Waals surface area contributed by atoms with Gasteiger partial charge in [0, 0.05) is 23.1 Å². The molecule has 1 fully saturated rings. The molecule has 32 heavy (non-hydrogen) atoms. The average Bonchev–Trinajstić information content (AvgIpc) is 3.15. The first kappa shape index (κ1) is 23.2. The number of ether oxygens (including phenoxy) is 1. The van der Waals surface area contributed by atoms with E-state index in [1.54, 1.807) is 22.6 Å². The Labute approximate surface area is 196 Å². The molecule has 0 radical (unpaired) electrons. The number of likely N-dealkylation sites (tertiary alicyclic amines) is 1. The summed E-state index contributed by atoms with van der Waals surface area (Å²) in [5.74, 6) is -0.533. The summed E-state index contributed by atoms with van der Waals surface area (Å²) in [5, 5.41) is 9.26. The summed E-state index contributed by atoms with van der Waals surface area (Å²) >= 11 is 1.75. The van der Waals surface area contributed by atoms with Gasteiger partial charge in [-0.25, -0.2) is 13.9 Å². The van der Waals surface area contributed by atoms with Crippen molar-refractivity contribution < 1.29 is 18.5 Å². The van der Waals surface area contributed by atoms with Crippen molar-refractivity contribution in [2.24, 2.45) is 0 Å². The fraction of sp³-hybridized carbons (Fsp3) is 0.524. The predicted molar refractivity (Wildman–Crippen MR) is 123 cm³/mol. The highest BCUT2D eigenvalue weighted by atomic mass is 79.9. The van der Waals surface area contributed by atoms with E-state index in [-0.39, 0.29) is 10.5 Å². The minimum Gasteiger partial charge on any atom is -0.610 e. The number of aromatic nitrogens is 4. The van der Waals surface area contributed by atoms with Crippen molar-refractivity contribution in [3.05, 3.63) is 21.9 Å². The summed E-state index contributed by atoms with van der Waals surface area (Å²) in [4.78, 5) is 18.9. The van der Waals surface area contributed by atoms with E-state index in [1.165, 1.54) is 6.26 Å². The van der Waals surface area contributed by atoms with Crippen molar-refractivity contribution in [1.82, 2.24) is 24.9 Å². The molecule has 0 aliphatic carbocycles. The predicted octanol–water partition coefficient (Wildman–Crippen LogP) is 4.85. The molecule has 1 saturated heterocycles. The van der Waals surface area contributed by atoms with Crippen LogP contribution in [0.1, 0.15) is 51.8 Å². The number of halogens is 2. The molecular formula is C21H25BrFN5O3S. The molecule has 0 saturated carbocycles. The highest BCUT2D eigenvalue weighted by Crippen LogP contribution is 2.37. The van der Waals surface area contributed by atoms with Gasteiger partial charge in [-0.05, 0) is 74.5 Å². The number of benzene rings is 1. The van der Waals surface area contributed by atoms with Crippen LogP contribution < -0.4 is 0 Å². The van der Waals surface area contributed by atoms with E-state index in [1.807, 2.05) is 20.8 Å². The minimum absolute atomic E-state index is 0.0864. The van der Waals surface area contributed by atoms with Gasteiger partial charge in [0.1, 0.15) is 29.1 Å². The normalized spacial score (nSPS) is 18.4. The maximum Gasteiger partial charge on any atom is 0.412 e. The van der Waals surface area contributed by atoms with Gasteiger partial charge in [-0.2, -0.15) is 4.98 Å². The van der Waals surface area contributed by atoms with E-state index in [4.69, 9.17) is 4.74 Å². The molecular weight excluding hydrogens is 501 g/mol. The van der Waals surface area contributed by atoms with Crippen molar-refractivity contribution in [1.29, 1.82) is 0 Å². The van der Waals surface area contributed by atoms with Crippen LogP contribution in [0.25, 0.3) is 21.9 Å². The van der Waals surface area contributed by atoms with Crippen LogP contribution in [0.2, 0.25) is 0 Å². The van der Waals surface area contributed by atoms with Crippen molar-refractivity contribution in [2.45, 2.75) is 63.8 Å². The van der Waals surface area contributed by atoms with Crippen LogP contribution >= 0.6 is 15.9 Å². The summed E-state index contributed by atoms with van der Waals surface area (Å²) < 4.78 is 35.1. The number of aryl methyl sites for hydroxylation is 1. The summed E-state index contributed by atoms with van der Waals surface area (Å²) in [6.07, 6.45) is 2.95. The molecule has 4 rings (SSSR count). The molecule has 1 amide bonds. The van der Waals surface area contributed by atoms with Gasteiger partial charge in [0.25, 0.3) is 5.03 Å². The van der Waals surface area contributed by atoms with Gasteiger partial charge in [0.2, 0.25) is 0 Å². The summed E-state index contributed by atoms with van der Waals surface area (Å²) in [6.45, 7) is 7.75. The summed E-state index contributed by atoms with van der Waals surface area (Å²) in [5.41, 5.74) is 0.982. The van der Waals surface area contributed by atoms with Crippen LogP contribution in [0.5, 0.6) is 0 Å². The Balaban J connectivity index is 1.96. The molecule has 2 unspecified atom stereocenters. The summed E-state index contributed by atoms with van der Waals surface area (Å²) in [6, 6.07) is 1.81. The van der Waals surface area contributed by atoms with Gasteiger partial charge in [-0.15, -0.1) is 5.10 Å². The van der Waals surface area contributed by atoms with Gasteiger partial charge < -0.3 is 9.29 Å². The van der Waals surface area contributed by atoms with Crippen LogP contribution in [0.4, 0.5) is 9.18 Å². The topological polar surface area (TPSA) is 96.2 Å². The van der Waals surface area contributed by atoms with Crippen LogP contribution in [0.3, 0.4) is 0 Å². The molecule has 0 spiro atoms. The Kier molecular flexibility index (Phi) is 6.10. The number of hydrogen-bond acceptors (Lipinski definition) is 6. The number of amides is 1. The van der Waals surface area contributed by atoms with E-state index < -0.39 is 34.9 Å². The van der Waals surface area contributed by atoms with Crippen molar-refractivity contribution >= 4 is 55.1 Å². The molecule has 0 bridgehead atoms. The van der Waals surface area contributed by atoms with Gasteiger partial charge in [-0.3, -0.25) is 4.90 Å². The second kappa shape index (κ2) is 8.42. The maximum atomic E-state index is 15.2. The lowest BCUT2D eigenvalue weighted by Crippen LogP contribution is -2.44. The van der Waals surface area contributed by atoms with Gasteiger partial charge in [0.15, 0.2) is 11.3 Å². The number of pyridine rings is 1. The lowest BCUT2D eigenvalue weighted by Gasteiger charge is -2.36. The standard InChI is InChI=1S/C21H25BrFN5O3S/c1-11-10-12-16(15(23)14(11)22)24-19(32(5)30)17-18(12)28(26-25-17)13-8-6-7-9-27(13)20(29)31-21(2,3)4/h10,13H,6-9H2,1-5H3. The third-order valence-electron chi connectivity index (χ3n) is 5.38. The Hall–Kier alpha value is -1.98. The number of hydrogen-bond donors (Lipinski definition) is 0. The molecule has 1 aliphatic heterocycles. The van der Waals surface area contributed by atoms with Crippen molar-refractivity contribution in [3.63, 3.8) is 0 Å². The molecule has 2 aromatic heterocycles. The first-order valence-corrected chi connectivity index (χ1v) is 12.7. The molecule has 11 heteroatoms. The summed E-state index contributed by atoms with van der Waals surface area (Å²) in [7, 11) is 0. The van der Waals surface area contributed by atoms with Crippen molar-refractivity contribution in [3.8, 4) is 0 Å². The van der Waals surface area contributed by atoms with E-state index in [0.29, 0.717) is 39.4 Å². The lowest BCUT2D eigenvalue weighted by atomic mass is 10.1. The van der Waals surface area contributed by atoms with Gasteiger partial charge >= 0.3 is 6.09 Å². The Morgan fingerprint density at radius 1 is 1.34 bits per heavy atom. The number of carbonyl (C=O) groups is 1. The quantitative estimate of drug-likeness (QED) is 0.443. The Morgan fingerprint density at radius 3 is 2.72 bits per heavy atom. The lowest BCUT2D eigenvalue weighted by molar-refractivity contribution is -0.00288. The molecule has 8 nitrogen and oxygen atoms in total. The first-order chi connectivity index (χ1) is 15.0. The second-order valence-corrected chi connectivity index (χ2v) is 11.1. The monoisotopic (exact) mass is 525 g/mol. The maximum absolute atomic E-state index is 15.2. The number of piperidine rings is 1. The van der Waals surface area contributed by atoms with Crippen molar-refractivity contribution in [2.75, 3.05) is 12.8 Å². The van der Waals surface area contributed by atoms with Crippen LogP contribution in [0, 0.1) is 12.7 Å². The van der Waals surface area contributed by atoms with Crippen LogP contribution in [-0.2, 0) is 15.9 Å². The average molecular weight is 526 g/mol. The van der Waals surface area contributed by atoms with Crippen LogP contribution in [0.15, 0.2) is 15.6 Å². The van der Waals surface area contributed by atoms with E-state index in [9.17, 15) is 9.35 Å². The zero-order valence-corrected chi connectivity index (χ0v) is 21.0. The minimum atomic E-state index is -1.52. The first-order valence-electron chi connectivity index (χ1n) is 10.4.